The summed E-state index contributed by atoms with van der Waals surface area (Å²) in [4.78, 5) is 0. The Morgan fingerprint density at radius 3 is 2.16 bits per heavy atom. The number of benzene rings is 1. The van der Waals surface area contributed by atoms with Crippen LogP contribution in [0.3, 0.4) is 0 Å². The lowest BCUT2D eigenvalue weighted by atomic mass is 9.95. The summed E-state index contributed by atoms with van der Waals surface area (Å²) in [6.45, 7) is -1.82. The molecule has 2 nitrogen and oxygen atoms in total. The number of aliphatic hydroxyl groups is 1. The highest BCUT2D eigenvalue weighted by Crippen LogP contribution is 2.41. The zero-order valence-corrected chi connectivity index (χ0v) is 9.87. The molecule has 0 heterocycles. The molecule has 108 valence electrons. The quantitative estimate of drug-likeness (QED) is 0.843. The lowest BCUT2D eigenvalue weighted by molar-refractivity contribution is -0.140. The summed E-state index contributed by atoms with van der Waals surface area (Å²) >= 11 is 5.27. The Morgan fingerprint density at radius 1 is 1.21 bits per heavy atom. The maximum Gasteiger partial charge on any atom is 0.416 e. The predicted octanol–water partition coefficient (Wildman–Crippen LogP) is 3.13. The van der Waals surface area contributed by atoms with Gasteiger partial charge in [-0.15, -0.1) is 0 Å². The SMILES string of the molecule is N[C@@H](c1c(C(F)(F)F)ccc(Cl)c1F)C(F)(F)CO. The van der Waals surface area contributed by atoms with Gasteiger partial charge >= 0.3 is 6.18 Å². The molecule has 19 heavy (non-hydrogen) atoms. The van der Waals surface area contributed by atoms with Crippen LogP contribution in [0, 0.1) is 5.82 Å². The molecule has 0 unspecified atom stereocenters. The van der Waals surface area contributed by atoms with Crippen molar-refractivity contribution in [3.05, 3.63) is 34.1 Å². The summed E-state index contributed by atoms with van der Waals surface area (Å²) in [5.41, 5.74) is 1.81. The van der Waals surface area contributed by atoms with Gasteiger partial charge < -0.3 is 10.8 Å². The van der Waals surface area contributed by atoms with Crippen LogP contribution < -0.4 is 5.73 Å². The minimum Gasteiger partial charge on any atom is -0.390 e. The molecule has 9 heteroatoms. The third-order valence-electron chi connectivity index (χ3n) is 2.41. The van der Waals surface area contributed by atoms with Gasteiger partial charge in [-0.2, -0.15) is 13.2 Å². The topological polar surface area (TPSA) is 46.2 Å². The number of halogens is 7. The van der Waals surface area contributed by atoms with Crippen LogP contribution in [-0.4, -0.2) is 17.6 Å². The van der Waals surface area contributed by atoms with E-state index in [4.69, 9.17) is 22.4 Å². The second kappa shape index (κ2) is 5.18. The molecule has 0 fully saturated rings. The lowest BCUT2D eigenvalue weighted by Crippen LogP contribution is -2.38. The predicted molar refractivity (Wildman–Crippen MR) is 55.4 cm³/mol. The summed E-state index contributed by atoms with van der Waals surface area (Å²) < 4.78 is 77.8. The smallest absolute Gasteiger partial charge is 0.390 e. The monoisotopic (exact) mass is 307 g/mol. The fraction of sp³-hybridized carbons (Fsp3) is 0.400. The lowest BCUT2D eigenvalue weighted by Gasteiger charge is -2.25. The van der Waals surface area contributed by atoms with Crippen molar-refractivity contribution < 1.29 is 31.4 Å². The number of aliphatic hydroxyl groups excluding tert-OH is 1. The van der Waals surface area contributed by atoms with E-state index in [-0.39, 0.29) is 0 Å². The highest BCUT2D eigenvalue weighted by molar-refractivity contribution is 6.30. The Labute approximate surface area is 108 Å². The van der Waals surface area contributed by atoms with Crippen molar-refractivity contribution in [1.29, 1.82) is 0 Å². The number of alkyl halides is 5. The Morgan fingerprint density at radius 2 is 1.74 bits per heavy atom. The van der Waals surface area contributed by atoms with Crippen LogP contribution in [0.15, 0.2) is 12.1 Å². The van der Waals surface area contributed by atoms with E-state index in [2.05, 4.69) is 0 Å². The zero-order valence-electron chi connectivity index (χ0n) is 9.11. The second-order valence-electron chi connectivity index (χ2n) is 3.72. The number of hydrogen-bond acceptors (Lipinski definition) is 2. The highest BCUT2D eigenvalue weighted by Gasteiger charge is 2.45. The van der Waals surface area contributed by atoms with E-state index in [0.717, 1.165) is 0 Å². The van der Waals surface area contributed by atoms with Crippen LogP contribution >= 0.6 is 11.6 Å². The van der Waals surface area contributed by atoms with Crippen LogP contribution in [0.5, 0.6) is 0 Å². The molecule has 1 atom stereocenters. The fourth-order valence-electron chi connectivity index (χ4n) is 1.43. The molecule has 0 saturated carbocycles. The van der Waals surface area contributed by atoms with Gasteiger partial charge in [0.1, 0.15) is 18.5 Å². The first-order chi connectivity index (χ1) is 8.52. The first-order valence-corrected chi connectivity index (χ1v) is 5.19. The minimum absolute atomic E-state index is 0.355. The van der Waals surface area contributed by atoms with E-state index in [1.165, 1.54) is 0 Å². The fourth-order valence-corrected chi connectivity index (χ4v) is 1.59. The summed E-state index contributed by atoms with van der Waals surface area (Å²) in [7, 11) is 0. The number of hydrogen-bond donors (Lipinski definition) is 2. The van der Waals surface area contributed by atoms with Crippen LogP contribution in [0.1, 0.15) is 17.2 Å². The second-order valence-corrected chi connectivity index (χ2v) is 4.12. The summed E-state index contributed by atoms with van der Waals surface area (Å²) in [6.07, 6.45) is -5.08. The van der Waals surface area contributed by atoms with E-state index in [0.29, 0.717) is 12.1 Å². The van der Waals surface area contributed by atoms with Gasteiger partial charge in [-0.1, -0.05) is 11.6 Å². The van der Waals surface area contributed by atoms with Gasteiger partial charge in [0.25, 0.3) is 5.92 Å². The Kier molecular flexibility index (Phi) is 4.38. The normalized spacial score (nSPS) is 14.6. The molecule has 0 spiro atoms. The molecule has 0 bridgehead atoms. The molecule has 0 aliphatic carbocycles. The van der Waals surface area contributed by atoms with Crippen LogP contribution in [0.2, 0.25) is 5.02 Å². The number of nitrogens with two attached hydrogens (primary N) is 1. The van der Waals surface area contributed by atoms with Crippen molar-refractivity contribution in [2.45, 2.75) is 18.1 Å². The Bertz CT molecular complexity index is 476. The van der Waals surface area contributed by atoms with E-state index < -0.39 is 46.7 Å². The van der Waals surface area contributed by atoms with Crippen molar-refractivity contribution in [3.8, 4) is 0 Å². The van der Waals surface area contributed by atoms with Gasteiger partial charge in [0.2, 0.25) is 0 Å². The van der Waals surface area contributed by atoms with E-state index in [9.17, 15) is 26.3 Å². The van der Waals surface area contributed by atoms with E-state index >= 15 is 0 Å². The van der Waals surface area contributed by atoms with Gasteiger partial charge in [-0.05, 0) is 12.1 Å². The molecule has 0 saturated heterocycles. The molecule has 0 amide bonds. The van der Waals surface area contributed by atoms with Crippen LogP contribution in [0.4, 0.5) is 26.3 Å². The van der Waals surface area contributed by atoms with Gasteiger partial charge in [0, 0.05) is 5.56 Å². The third-order valence-corrected chi connectivity index (χ3v) is 2.71. The highest BCUT2D eigenvalue weighted by atomic mass is 35.5. The summed E-state index contributed by atoms with van der Waals surface area (Å²) in [5.74, 6) is -5.80. The standard InChI is InChI=1S/C10H8ClF6NO/c11-5-2-1-4(10(15,16)17)6(7(5)12)8(18)9(13,14)3-19/h1-2,8,19H,3,18H2/t8-/m0/s1. The summed E-state index contributed by atoms with van der Waals surface area (Å²) in [6, 6.07) is -1.73. The van der Waals surface area contributed by atoms with Crippen LogP contribution in [-0.2, 0) is 6.18 Å². The van der Waals surface area contributed by atoms with Crippen molar-refractivity contribution in [3.63, 3.8) is 0 Å². The zero-order chi connectivity index (χ0) is 15.0. The van der Waals surface area contributed by atoms with E-state index in [1.807, 2.05) is 0 Å². The molecule has 1 aromatic carbocycles. The Hall–Kier alpha value is -0.990. The maximum atomic E-state index is 13.6. The van der Waals surface area contributed by atoms with Crippen molar-refractivity contribution in [1.82, 2.24) is 0 Å². The van der Waals surface area contributed by atoms with Crippen molar-refractivity contribution in [2.24, 2.45) is 5.73 Å². The summed E-state index contributed by atoms with van der Waals surface area (Å²) in [5, 5.41) is 7.64. The number of rotatable bonds is 3. The largest absolute Gasteiger partial charge is 0.416 e. The van der Waals surface area contributed by atoms with E-state index in [1.54, 1.807) is 0 Å². The minimum atomic E-state index is -5.08. The van der Waals surface area contributed by atoms with Gasteiger partial charge in [0.05, 0.1) is 10.6 Å². The van der Waals surface area contributed by atoms with Crippen molar-refractivity contribution >= 4 is 11.6 Å². The molecule has 1 rings (SSSR count). The first-order valence-electron chi connectivity index (χ1n) is 4.81. The molecule has 0 aliphatic heterocycles. The molecular weight excluding hydrogens is 300 g/mol. The van der Waals surface area contributed by atoms with Gasteiger partial charge in [-0.25, -0.2) is 13.2 Å². The molecule has 3 N–H and O–H groups in total. The molecule has 0 aliphatic rings. The van der Waals surface area contributed by atoms with Crippen molar-refractivity contribution in [2.75, 3.05) is 6.61 Å². The first kappa shape index (κ1) is 16.1. The molecule has 0 aromatic heterocycles. The van der Waals surface area contributed by atoms with Gasteiger partial charge in [-0.3, -0.25) is 0 Å². The molecular formula is C10H8ClF6NO. The molecule has 1 aromatic rings. The average Bonchev–Trinajstić information content (AvgIpc) is 2.30. The maximum absolute atomic E-state index is 13.6. The molecule has 0 radical (unpaired) electrons. The average molecular weight is 308 g/mol. The third kappa shape index (κ3) is 3.13. The Balaban J connectivity index is 3.52. The van der Waals surface area contributed by atoms with Gasteiger partial charge in [0.15, 0.2) is 0 Å². The van der Waals surface area contributed by atoms with Crippen LogP contribution in [0.25, 0.3) is 0 Å².